The highest BCUT2D eigenvalue weighted by Crippen LogP contribution is 2.64. The lowest BCUT2D eigenvalue weighted by Crippen LogP contribution is -2.21. The quantitative estimate of drug-likeness (QED) is 0.630. The van der Waals surface area contributed by atoms with Gasteiger partial charge >= 0.3 is 0 Å². The molecule has 0 heterocycles. The van der Waals surface area contributed by atoms with Gasteiger partial charge in [-0.15, -0.1) is 0 Å². The minimum Gasteiger partial charge on any atom is -0.0989 e. The highest BCUT2D eigenvalue weighted by Gasteiger charge is 2.56. The average molecular weight is 278 g/mol. The maximum absolute atomic E-state index is 4.60. The fraction of sp³-hybridized carbons (Fsp3) is 0.524. The Balaban J connectivity index is 1.71. The van der Waals surface area contributed by atoms with E-state index in [0.717, 1.165) is 29.6 Å². The normalized spacial score (nSPS) is 40.0. The molecule has 1 aromatic rings. The average Bonchev–Trinajstić information content (AvgIpc) is 3.19. The van der Waals surface area contributed by atoms with Gasteiger partial charge in [0.15, 0.2) is 0 Å². The smallest absolute Gasteiger partial charge is 0.00799 e. The van der Waals surface area contributed by atoms with E-state index in [9.17, 15) is 0 Å². The van der Waals surface area contributed by atoms with E-state index in [0.29, 0.717) is 5.92 Å². The third kappa shape index (κ3) is 1.95. The second-order valence-electron chi connectivity index (χ2n) is 7.32. The minimum absolute atomic E-state index is 0.609. The molecule has 21 heavy (non-hydrogen) atoms. The van der Waals surface area contributed by atoms with Crippen LogP contribution in [0.25, 0.3) is 0 Å². The molecule has 2 bridgehead atoms. The topological polar surface area (TPSA) is 0 Å². The lowest BCUT2D eigenvalue weighted by atomic mass is 9.76. The van der Waals surface area contributed by atoms with Crippen LogP contribution in [0.3, 0.4) is 0 Å². The molecule has 0 aromatic heterocycles. The van der Waals surface area contributed by atoms with Crippen molar-refractivity contribution in [2.45, 2.75) is 38.5 Å². The van der Waals surface area contributed by atoms with Gasteiger partial charge in [0.1, 0.15) is 0 Å². The molecule has 0 radical (unpaired) electrons. The molecule has 0 amide bonds. The molecule has 2 fully saturated rings. The van der Waals surface area contributed by atoms with Crippen molar-refractivity contribution in [2.75, 3.05) is 0 Å². The number of allylic oxidation sites excluding steroid dienone is 3. The van der Waals surface area contributed by atoms with Crippen LogP contribution < -0.4 is 0 Å². The van der Waals surface area contributed by atoms with E-state index in [1.165, 1.54) is 31.2 Å². The maximum atomic E-state index is 4.60. The molecule has 0 aliphatic heterocycles. The molecule has 4 rings (SSSR count). The van der Waals surface area contributed by atoms with Gasteiger partial charge in [0, 0.05) is 5.92 Å². The zero-order valence-corrected chi connectivity index (χ0v) is 13.0. The Labute approximate surface area is 129 Å². The third-order valence-corrected chi connectivity index (χ3v) is 6.32. The molecule has 3 aliphatic rings. The number of fused-ring (bicyclic) bond motifs is 5. The Morgan fingerprint density at radius 3 is 2.62 bits per heavy atom. The van der Waals surface area contributed by atoms with Gasteiger partial charge in [-0.3, -0.25) is 0 Å². The highest BCUT2D eigenvalue weighted by atomic mass is 14.6. The molecule has 110 valence electrons. The summed E-state index contributed by atoms with van der Waals surface area (Å²) in [6.45, 7) is 6.92. The summed E-state index contributed by atoms with van der Waals surface area (Å²) < 4.78 is 0. The minimum atomic E-state index is 0.609. The summed E-state index contributed by atoms with van der Waals surface area (Å²) in [5.41, 5.74) is 3.06. The first kappa shape index (κ1) is 13.4. The van der Waals surface area contributed by atoms with Crippen molar-refractivity contribution in [3.63, 3.8) is 0 Å². The van der Waals surface area contributed by atoms with Crippen LogP contribution in [0.15, 0.2) is 54.6 Å². The highest BCUT2D eigenvalue weighted by molar-refractivity contribution is 5.39. The number of rotatable bonds is 4. The van der Waals surface area contributed by atoms with E-state index in [4.69, 9.17) is 0 Å². The van der Waals surface area contributed by atoms with Crippen molar-refractivity contribution in [3.05, 3.63) is 60.2 Å². The SMILES string of the molecule is C=C1C2C([C@@H]3C=C[C@H]2C3)[C@@H](CCCC)[C@@H]1c1ccccc1. The Morgan fingerprint density at radius 2 is 1.86 bits per heavy atom. The van der Waals surface area contributed by atoms with Gasteiger partial charge in [0.05, 0.1) is 0 Å². The molecule has 0 saturated heterocycles. The fourth-order valence-electron chi connectivity index (χ4n) is 5.59. The van der Waals surface area contributed by atoms with Crippen molar-refractivity contribution < 1.29 is 0 Å². The van der Waals surface area contributed by atoms with E-state index >= 15 is 0 Å². The summed E-state index contributed by atoms with van der Waals surface area (Å²) in [7, 11) is 0. The Hall–Kier alpha value is -1.30. The Bertz CT molecular complexity index is 553. The molecule has 3 aliphatic carbocycles. The summed E-state index contributed by atoms with van der Waals surface area (Å²) in [5, 5.41) is 0. The first-order valence-electron chi connectivity index (χ1n) is 8.73. The van der Waals surface area contributed by atoms with Gasteiger partial charge in [0.2, 0.25) is 0 Å². The second-order valence-corrected chi connectivity index (χ2v) is 7.32. The first-order chi connectivity index (χ1) is 10.3. The Kier molecular flexibility index (Phi) is 3.28. The predicted octanol–water partition coefficient (Wildman–Crippen LogP) is 5.58. The molecular weight excluding hydrogens is 252 g/mol. The standard InChI is InChI=1S/C21H26/c1-3-4-10-18-19(15-8-6-5-7-9-15)14(2)20-16-11-12-17(13-16)21(18)20/h5-9,11-12,16-21H,2-4,10,13H2,1H3/t16-,17+,18-,19-,20?,21?/m0/s1. The molecule has 0 heteroatoms. The van der Waals surface area contributed by atoms with Crippen molar-refractivity contribution in [2.24, 2.45) is 29.6 Å². The zero-order chi connectivity index (χ0) is 14.4. The van der Waals surface area contributed by atoms with E-state index in [2.05, 4.69) is 56.0 Å². The van der Waals surface area contributed by atoms with Crippen molar-refractivity contribution >= 4 is 0 Å². The molecule has 2 unspecified atom stereocenters. The lowest BCUT2D eigenvalue weighted by molar-refractivity contribution is 0.263. The fourth-order valence-corrected chi connectivity index (χ4v) is 5.59. The van der Waals surface area contributed by atoms with Gasteiger partial charge in [-0.1, -0.05) is 74.4 Å². The molecular formula is C21H26. The first-order valence-corrected chi connectivity index (χ1v) is 8.73. The van der Waals surface area contributed by atoms with Gasteiger partial charge in [-0.05, 0) is 48.0 Å². The summed E-state index contributed by atoms with van der Waals surface area (Å²) in [6.07, 6.45) is 10.5. The van der Waals surface area contributed by atoms with Crippen molar-refractivity contribution in [1.82, 2.24) is 0 Å². The van der Waals surface area contributed by atoms with Crippen LogP contribution in [-0.4, -0.2) is 0 Å². The monoisotopic (exact) mass is 278 g/mol. The van der Waals surface area contributed by atoms with E-state index in [1.807, 2.05) is 0 Å². The lowest BCUT2D eigenvalue weighted by Gasteiger charge is -2.28. The third-order valence-electron chi connectivity index (χ3n) is 6.32. The molecule has 0 spiro atoms. The van der Waals surface area contributed by atoms with Gasteiger partial charge in [0.25, 0.3) is 0 Å². The zero-order valence-electron chi connectivity index (χ0n) is 13.0. The second kappa shape index (κ2) is 5.16. The maximum Gasteiger partial charge on any atom is 0.00799 e. The van der Waals surface area contributed by atoms with Gasteiger partial charge in [-0.2, -0.15) is 0 Å². The van der Waals surface area contributed by atoms with Crippen LogP contribution in [0.5, 0.6) is 0 Å². The largest absolute Gasteiger partial charge is 0.0989 e. The number of unbranched alkanes of at least 4 members (excludes halogenated alkanes) is 1. The summed E-state index contributed by atoms with van der Waals surface area (Å²) >= 11 is 0. The predicted molar refractivity (Wildman–Crippen MR) is 89.1 cm³/mol. The van der Waals surface area contributed by atoms with Gasteiger partial charge in [-0.25, -0.2) is 0 Å². The van der Waals surface area contributed by atoms with E-state index in [1.54, 1.807) is 5.57 Å². The molecule has 2 saturated carbocycles. The molecule has 0 nitrogen and oxygen atoms in total. The van der Waals surface area contributed by atoms with Crippen LogP contribution in [0.2, 0.25) is 0 Å². The number of benzene rings is 1. The van der Waals surface area contributed by atoms with Crippen LogP contribution in [0, 0.1) is 29.6 Å². The number of hydrogen-bond donors (Lipinski definition) is 0. The van der Waals surface area contributed by atoms with Crippen molar-refractivity contribution in [3.8, 4) is 0 Å². The van der Waals surface area contributed by atoms with E-state index in [-0.39, 0.29) is 0 Å². The van der Waals surface area contributed by atoms with Crippen LogP contribution in [0.1, 0.15) is 44.1 Å². The summed E-state index contributed by atoms with van der Waals surface area (Å²) in [6, 6.07) is 11.2. The van der Waals surface area contributed by atoms with Crippen LogP contribution >= 0.6 is 0 Å². The number of hydrogen-bond acceptors (Lipinski definition) is 0. The Morgan fingerprint density at radius 1 is 1.10 bits per heavy atom. The molecule has 6 atom stereocenters. The molecule has 1 aromatic carbocycles. The summed E-state index contributed by atoms with van der Waals surface area (Å²) in [5.74, 6) is 4.72. The van der Waals surface area contributed by atoms with Crippen LogP contribution in [-0.2, 0) is 0 Å². The van der Waals surface area contributed by atoms with Crippen LogP contribution in [0.4, 0.5) is 0 Å². The van der Waals surface area contributed by atoms with Gasteiger partial charge < -0.3 is 0 Å². The van der Waals surface area contributed by atoms with Crippen molar-refractivity contribution in [1.29, 1.82) is 0 Å². The van der Waals surface area contributed by atoms with E-state index < -0.39 is 0 Å². The summed E-state index contributed by atoms with van der Waals surface area (Å²) in [4.78, 5) is 0. The molecule has 0 N–H and O–H groups in total.